The van der Waals surface area contributed by atoms with Crippen molar-refractivity contribution in [3.63, 3.8) is 0 Å². The van der Waals surface area contributed by atoms with Crippen LogP contribution in [0, 0.1) is 22.2 Å². The molecule has 2 atom stereocenters. The van der Waals surface area contributed by atoms with Gasteiger partial charge in [0.25, 0.3) is 0 Å². The van der Waals surface area contributed by atoms with Gasteiger partial charge in [-0.25, -0.2) is 0 Å². The number of phenolic OH excluding ortho intramolecular Hbond substituents is 1. The Bertz CT molecular complexity index is 569. The fourth-order valence-electron chi connectivity index (χ4n) is 4.03. The molecular weight excluding hydrogens is 268 g/mol. The summed E-state index contributed by atoms with van der Waals surface area (Å²) in [4.78, 5) is 0. The monoisotopic (exact) mass is 300 g/mol. The van der Waals surface area contributed by atoms with Crippen LogP contribution in [0.2, 0.25) is 0 Å². The van der Waals surface area contributed by atoms with Gasteiger partial charge in [0.05, 0.1) is 0 Å². The number of aromatic hydroxyl groups is 1. The highest BCUT2D eigenvalue weighted by Gasteiger charge is 2.42. The van der Waals surface area contributed by atoms with Gasteiger partial charge in [0.1, 0.15) is 5.75 Å². The molecule has 0 fully saturated rings. The number of phenols is 1. The lowest BCUT2D eigenvalue weighted by atomic mass is 9.57. The molecule has 2 rings (SSSR count). The van der Waals surface area contributed by atoms with E-state index in [4.69, 9.17) is 0 Å². The summed E-state index contributed by atoms with van der Waals surface area (Å²) in [7, 11) is 0. The van der Waals surface area contributed by atoms with Gasteiger partial charge in [0.2, 0.25) is 0 Å². The van der Waals surface area contributed by atoms with Crippen molar-refractivity contribution in [1.29, 1.82) is 0 Å². The Labute approximate surface area is 136 Å². The van der Waals surface area contributed by atoms with Crippen molar-refractivity contribution in [2.75, 3.05) is 0 Å². The third-order valence-electron chi connectivity index (χ3n) is 5.00. The van der Waals surface area contributed by atoms with E-state index in [1.807, 2.05) is 12.1 Å². The molecule has 0 amide bonds. The van der Waals surface area contributed by atoms with Gasteiger partial charge in [0, 0.05) is 0 Å². The Kier molecular flexibility index (Phi) is 4.23. The van der Waals surface area contributed by atoms with Crippen molar-refractivity contribution < 1.29 is 5.11 Å². The molecule has 0 saturated carbocycles. The van der Waals surface area contributed by atoms with E-state index >= 15 is 0 Å². The topological polar surface area (TPSA) is 20.2 Å². The molecule has 22 heavy (non-hydrogen) atoms. The molecule has 0 radical (unpaired) electrons. The van der Waals surface area contributed by atoms with E-state index in [1.54, 1.807) is 0 Å². The quantitative estimate of drug-likeness (QED) is 0.703. The zero-order valence-corrected chi connectivity index (χ0v) is 15.3. The molecule has 1 N–H and O–H groups in total. The Morgan fingerprint density at radius 1 is 1.14 bits per heavy atom. The first-order valence-electron chi connectivity index (χ1n) is 8.42. The Morgan fingerprint density at radius 2 is 1.77 bits per heavy atom. The first kappa shape index (κ1) is 17.1. The largest absolute Gasteiger partial charge is 0.508 e. The highest BCUT2D eigenvalue weighted by Crippen LogP contribution is 2.51. The molecule has 0 aliphatic heterocycles. The van der Waals surface area contributed by atoms with Crippen LogP contribution >= 0.6 is 0 Å². The second-order valence-electron chi connectivity index (χ2n) is 9.58. The molecule has 122 valence electrons. The van der Waals surface area contributed by atoms with Crippen LogP contribution in [0.3, 0.4) is 0 Å². The van der Waals surface area contributed by atoms with Crippen LogP contribution in [0.15, 0.2) is 24.3 Å². The Hall–Kier alpha value is -1.24. The Balaban J connectivity index is 2.39. The zero-order chi connectivity index (χ0) is 16.8. The molecule has 2 unspecified atom stereocenters. The van der Waals surface area contributed by atoms with Crippen molar-refractivity contribution >= 4 is 6.08 Å². The minimum atomic E-state index is 0.162. The van der Waals surface area contributed by atoms with E-state index in [1.165, 1.54) is 17.5 Å². The molecule has 1 aliphatic carbocycles. The van der Waals surface area contributed by atoms with Gasteiger partial charge in [-0.15, -0.1) is 0 Å². The molecular formula is C21H32O. The van der Waals surface area contributed by atoms with Gasteiger partial charge in [-0.05, 0) is 58.3 Å². The van der Waals surface area contributed by atoms with E-state index in [0.717, 1.165) is 6.42 Å². The molecule has 0 spiro atoms. The van der Waals surface area contributed by atoms with Gasteiger partial charge >= 0.3 is 0 Å². The highest BCUT2D eigenvalue weighted by molar-refractivity contribution is 5.60. The van der Waals surface area contributed by atoms with Crippen molar-refractivity contribution in [2.24, 2.45) is 22.2 Å². The van der Waals surface area contributed by atoms with Gasteiger partial charge in [-0.2, -0.15) is 0 Å². The van der Waals surface area contributed by atoms with Crippen LogP contribution in [0.25, 0.3) is 6.08 Å². The summed E-state index contributed by atoms with van der Waals surface area (Å²) in [6.45, 7) is 16.5. The molecule has 1 aromatic carbocycles. The third kappa shape index (κ3) is 3.74. The summed E-state index contributed by atoms with van der Waals surface area (Å²) in [5, 5.41) is 9.68. The molecule has 1 aliphatic rings. The molecule has 1 nitrogen and oxygen atoms in total. The van der Waals surface area contributed by atoms with Crippen LogP contribution in [0.1, 0.15) is 66.0 Å². The zero-order valence-electron chi connectivity index (χ0n) is 15.3. The predicted octanol–water partition coefficient (Wildman–Crippen LogP) is 6.07. The van der Waals surface area contributed by atoms with E-state index in [-0.39, 0.29) is 10.8 Å². The lowest BCUT2D eigenvalue weighted by Gasteiger charge is -2.47. The number of allylic oxidation sites excluding steroid dienone is 1. The lowest BCUT2D eigenvalue weighted by Crippen LogP contribution is -2.40. The fourth-order valence-corrected chi connectivity index (χ4v) is 4.03. The minimum absolute atomic E-state index is 0.162. The molecule has 1 heteroatoms. The van der Waals surface area contributed by atoms with Gasteiger partial charge in [-0.3, -0.25) is 0 Å². The van der Waals surface area contributed by atoms with Crippen molar-refractivity contribution in [2.45, 2.75) is 61.3 Å². The van der Waals surface area contributed by atoms with Crippen LogP contribution in [0.5, 0.6) is 5.75 Å². The number of hydrogen-bond donors (Lipinski definition) is 1. The third-order valence-corrected chi connectivity index (χ3v) is 5.00. The van der Waals surface area contributed by atoms with Crippen molar-refractivity contribution in [1.82, 2.24) is 0 Å². The molecule has 0 heterocycles. The molecule has 1 aromatic rings. The number of benzene rings is 1. The first-order valence-corrected chi connectivity index (χ1v) is 8.42. The standard InChI is InChI=1S/C21H32O/c1-19(2,3)14-18(20(4,5)6)21(7)11-10-15-12-17(22)9-8-16(15)13-21/h8-12,18,22H,13-14H2,1-7H3. The van der Waals surface area contributed by atoms with Gasteiger partial charge in [0.15, 0.2) is 0 Å². The number of fused-ring (bicyclic) bond motifs is 1. The van der Waals surface area contributed by atoms with Crippen LogP contribution in [0.4, 0.5) is 0 Å². The fraction of sp³-hybridized carbons (Fsp3) is 0.619. The van der Waals surface area contributed by atoms with Crippen LogP contribution in [-0.4, -0.2) is 5.11 Å². The second kappa shape index (κ2) is 5.44. The smallest absolute Gasteiger partial charge is 0.116 e. The summed E-state index contributed by atoms with van der Waals surface area (Å²) in [6.07, 6.45) is 6.86. The van der Waals surface area contributed by atoms with E-state index in [2.05, 4.69) is 66.7 Å². The van der Waals surface area contributed by atoms with Gasteiger partial charge in [-0.1, -0.05) is 66.7 Å². The molecule has 0 bridgehead atoms. The highest BCUT2D eigenvalue weighted by atomic mass is 16.3. The van der Waals surface area contributed by atoms with Crippen molar-refractivity contribution in [3.05, 3.63) is 35.4 Å². The van der Waals surface area contributed by atoms with Crippen molar-refractivity contribution in [3.8, 4) is 5.75 Å². The predicted molar refractivity (Wildman–Crippen MR) is 96.0 cm³/mol. The maximum Gasteiger partial charge on any atom is 0.116 e. The maximum atomic E-state index is 9.68. The summed E-state index contributed by atoms with van der Waals surface area (Å²) >= 11 is 0. The summed E-state index contributed by atoms with van der Waals surface area (Å²) in [5.74, 6) is 0.965. The summed E-state index contributed by atoms with van der Waals surface area (Å²) < 4.78 is 0. The normalized spacial score (nSPS) is 23.2. The van der Waals surface area contributed by atoms with E-state index < -0.39 is 0 Å². The van der Waals surface area contributed by atoms with Gasteiger partial charge < -0.3 is 5.11 Å². The average molecular weight is 300 g/mol. The SMILES string of the molecule is CC(C)(C)CC(C(C)(C)C)C1(C)C=Cc2cc(O)ccc2C1. The summed E-state index contributed by atoms with van der Waals surface area (Å²) in [6, 6.07) is 5.78. The summed E-state index contributed by atoms with van der Waals surface area (Å²) in [5.41, 5.74) is 3.27. The van der Waals surface area contributed by atoms with Crippen LogP contribution in [-0.2, 0) is 6.42 Å². The second-order valence-corrected chi connectivity index (χ2v) is 9.58. The van der Waals surface area contributed by atoms with E-state index in [9.17, 15) is 5.11 Å². The minimum Gasteiger partial charge on any atom is -0.508 e. The Morgan fingerprint density at radius 3 is 2.32 bits per heavy atom. The van der Waals surface area contributed by atoms with Crippen LogP contribution < -0.4 is 0 Å². The van der Waals surface area contributed by atoms with E-state index in [0.29, 0.717) is 17.1 Å². The average Bonchev–Trinajstić information content (AvgIpc) is 2.34. The lowest BCUT2D eigenvalue weighted by molar-refractivity contribution is 0.0653. The number of hydrogen-bond acceptors (Lipinski definition) is 1. The number of rotatable bonds is 2. The maximum absolute atomic E-state index is 9.68. The molecule has 0 aromatic heterocycles. The molecule has 0 saturated heterocycles. The first-order chi connectivity index (χ1) is 9.91.